The Morgan fingerprint density at radius 1 is 1.12 bits per heavy atom. The zero-order valence-corrected chi connectivity index (χ0v) is 19.8. The van der Waals surface area contributed by atoms with Crippen LogP contribution >= 0.6 is 27.5 Å². The fourth-order valence-electron chi connectivity index (χ4n) is 3.20. The second-order valence-electron chi connectivity index (χ2n) is 7.02. The van der Waals surface area contributed by atoms with Crippen molar-refractivity contribution in [3.8, 4) is 22.8 Å². The molecule has 1 heterocycles. The molecule has 4 rings (SSSR count). The van der Waals surface area contributed by atoms with Crippen LogP contribution in [0, 0.1) is 6.92 Å². The van der Waals surface area contributed by atoms with Crippen LogP contribution in [-0.2, 0) is 0 Å². The van der Waals surface area contributed by atoms with Crippen LogP contribution in [0.4, 0.5) is 5.69 Å². The lowest BCUT2D eigenvalue weighted by Gasteiger charge is -2.08. The van der Waals surface area contributed by atoms with E-state index >= 15 is 0 Å². The van der Waals surface area contributed by atoms with E-state index in [4.69, 9.17) is 16.3 Å². The predicted molar refractivity (Wildman–Crippen MR) is 130 cm³/mol. The van der Waals surface area contributed by atoms with Crippen molar-refractivity contribution >= 4 is 39.1 Å². The number of carbonyl (C=O) groups is 1. The van der Waals surface area contributed by atoms with Crippen molar-refractivity contribution in [2.75, 3.05) is 11.9 Å². The summed E-state index contributed by atoms with van der Waals surface area (Å²) in [5.74, 6) is 0.915. The number of aryl methyl sites for hydroxylation is 1. The summed E-state index contributed by atoms with van der Waals surface area (Å²) in [4.78, 5) is 17.5. The van der Waals surface area contributed by atoms with Crippen LogP contribution in [0.5, 0.6) is 5.75 Å². The second kappa shape index (κ2) is 9.54. The highest BCUT2D eigenvalue weighted by Gasteiger charge is 2.20. The van der Waals surface area contributed by atoms with E-state index in [0.29, 0.717) is 23.1 Å². The fraction of sp³-hybridized carbons (Fsp3) is 0.125. The van der Waals surface area contributed by atoms with Crippen LogP contribution in [0.25, 0.3) is 17.1 Å². The summed E-state index contributed by atoms with van der Waals surface area (Å²) < 4.78 is 8.10. The number of nitrogens with zero attached hydrogens (tertiary/aromatic N) is 3. The number of anilines is 1. The van der Waals surface area contributed by atoms with Crippen molar-refractivity contribution in [3.05, 3.63) is 87.6 Å². The average Bonchev–Trinajstić information content (AvgIpc) is 3.22. The summed E-state index contributed by atoms with van der Waals surface area (Å²) in [7, 11) is 0. The van der Waals surface area contributed by atoms with Crippen molar-refractivity contribution in [2.24, 2.45) is 0 Å². The van der Waals surface area contributed by atoms with Gasteiger partial charge >= 0.3 is 0 Å². The number of amides is 1. The van der Waals surface area contributed by atoms with Crippen molar-refractivity contribution in [1.29, 1.82) is 0 Å². The van der Waals surface area contributed by atoms with E-state index in [9.17, 15) is 4.79 Å². The van der Waals surface area contributed by atoms with E-state index in [-0.39, 0.29) is 5.82 Å². The third-order valence-electron chi connectivity index (χ3n) is 4.72. The van der Waals surface area contributed by atoms with Crippen LogP contribution in [-0.4, -0.2) is 27.3 Å². The molecule has 0 radical (unpaired) electrons. The largest absolute Gasteiger partial charge is 0.494 e. The minimum Gasteiger partial charge on any atom is -0.494 e. The number of rotatable bonds is 6. The summed E-state index contributed by atoms with van der Waals surface area (Å²) >= 11 is 9.63. The Bertz CT molecular complexity index is 1270. The highest BCUT2D eigenvalue weighted by molar-refractivity contribution is 9.10. The first kappa shape index (κ1) is 22.0. The monoisotopic (exact) mass is 510 g/mol. The zero-order valence-electron chi connectivity index (χ0n) is 17.5. The molecule has 0 unspecified atom stereocenters. The topological polar surface area (TPSA) is 69.0 Å². The molecule has 6 nitrogen and oxygen atoms in total. The number of hydrogen-bond donors (Lipinski definition) is 1. The Kier molecular flexibility index (Phi) is 6.58. The Morgan fingerprint density at radius 3 is 2.59 bits per heavy atom. The highest BCUT2D eigenvalue weighted by atomic mass is 79.9. The van der Waals surface area contributed by atoms with Gasteiger partial charge in [-0.3, -0.25) is 4.79 Å². The molecule has 1 N–H and O–H groups in total. The first-order chi connectivity index (χ1) is 15.4. The van der Waals surface area contributed by atoms with Crippen LogP contribution in [0.3, 0.4) is 0 Å². The van der Waals surface area contributed by atoms with Gasteiger partial charge in [-0.1, -0.05) is 39.7 Å². The molecule has 0 aliphatic rings. The van der Waals surface area contributed by atoms with Crippen molar-refractivity contribution in [3.63, 3.8) is 0 Å². The third kappa shape index (κ3) is 4.84. The third-order valence-corrected chi connectivity index (χ3v) is 5.45. The second-order valence-corrected chi connectivity index (χ2v) is 8.37. The van der Waals surface area contributed by atoms with Gasteiger partial charge in [0.15, 0.2) is 5.82 Å². The van der Waals surface area contributed by atoms with Crippen molar-refractivity contribution < 1.29 is 9.53 Å². The average molecular weight is 512 g/mol. The number of carbonyl (C=O) groups excluding carboxylic acids is 1. The molecule has 1 aromatic heterocycles. The standard InChI is InChI=1S/C24H20BrClN4O2/c1-3-32-20-10-8-19(9-11-20)30-23(16-5-4-6-18(26)14-16)28-22(29-30)24(31)27-21-12-7-17(25)13-15(21)2/h4-14H,3H2,1-2H3,(H,27,31). The lowest BCUT2D eigenvalue weighted by molar-refractivity contribution is 0.101. The quantitative estimate of drug-likeness (QED) is 0.329. The van der Waals surface area contributed by atoms with Crippen LogP contribution in [0.1, 0.15) is 23.1 Å². The summed E-state index contributed by atoms with van der Waals surface area (Å²) in [6, 6.07) is 20.4. The maximum Gasteiger partial charge on any atom is 0.295 e. The Hall–Kier alpha value is -3.16. The number of nitrogens with one attached hydrogen (secondary N) is 1. The van der Waals surface area contributed by atoms with Gasteiger partial charge < -0.3 is 10.1 Å². The number of ether oxygens (including phenoxy) is 1. The molecule has 0 bridgehead atoms. The molecule has 0 aliphatic carbocycles. The van der Waals surface area contributed by atoms with E-state index in [1.165, 1.54) is 0 Å². The van der Waals surface area contributed by atoms with Gasteiger partial charge in [0.05, 0.1) is 12.3 Å². The molecule has 162 valence electrons. The number of aromatic nitrogens is 3. The van der Waals surface area contributed by atoms with Crippen LogP contribution in [0.2, 0.25) is 5.02 Å². The SMILES string of the molecule is CCOc1ccc(-n2nc(C(=O)Nc3ccc(Br)cc3C)nc2-c2cccc(Cl)c2)cc1. The highest BCUT2D eigenvalue weighted by Crippen LogP contribution is 2.26. The minimum absolute atomic E-state index is 0.0520. The maximum atomic E-state index is 13.0. The first-order valence-corrected chi connectivity index (χ1v) is 11.2. The van der Waals surface area contributed by atoms with E-state index in [0.717, 1.165) is 27.0 Å². The minimum atomic E-state index is -0.400. The van der Waals surface area contributed by atoms with Gasteiger partial charge in [0.25, 0.3) is 5.91 Å². The Labute approximate surface area is 199 Å². The molecule has 8 heteroatoms. The molecule has 0 saturated heterocycles. The lowest BCUT2D eigenvalue weighted by Crippen LogP contribution is -2.15. The molecule has 0 atom stereocenters. The predicted octanol–water partition coefficient (Wildman–Crippen LogP) is 6.31. The number of benzene rings is 3. The molecule has 4 aromatic rings. The van der Waals surface area contributed by atoms with Gasteiger partial charge in [0, 0.05) is 20.7 Å². The summed E-state index contributed by atoms with van der Waals surface area (Å²) in [5, 5.41) is 7.97. The van der Waals surface area contributed by atoms with E-state index < -0.39 is 5.91 Å². The van der Waals surface area contributed by atoms with Gasteiger partial charge in [0.1, 0.15) is 5.75 Å². The van der Waals surface area contributed by atoms with Gasteiger partial charge in [-0.05, 0) is 74.0 Å². The molecule has 0 aliphatic heterocycles. The summed E-state index contributed by atoms with van der Waals surface area (Å²) in [6.07, 6.45) is 0. The molecular weight excluding hydrogens is 492 g/mol. The smallest absolute Gasteiger partial charge is 0.295 e. The molecular formula is C24H20BrClN4O2. The van der Waals surface area contributed by atoms with Gasteiger partial charge in [-0.25, -0.2) is 9.67 Å². The molecule has 32 heavy (non-hydrogen) atoms. The van der Waals surface area contributed by atoms with Gasteiger partial charge in [0.2, 0.25) is 5.82 Å². The molecule has 0 fully saturated rings. The van der Waals surface area contributed by atoms with Gasteiger partial charge in [-0.2, -0.15) is 0 Å². The molecule has 0 spiro atoms. The lowest BCUT2D eigenvalue weighted by atomic mass is 10.2. The Morgan fingerprint density at radius 2 is 1.91 bits per heavy atom. The van der Waals surface area contributed by atoms with Crippen LogP contribution < -0.4 is 10.1 Å². The summed E-state index contributed by atoms with van der Waals surface area (Å²) in [6.45, 7) is 4.43. The van der Waals surface area contributed by atoms with Crippen molar-refractivity contribution in [1.82, 2.24) is 14.8 Å². The molecule has 3 aromatic carbocycles. The number of halogens is 2. The van der Waals surface area contributed by atoms with E-state index in [1.807, 2.05) is 68.4 Å². The normalized spacial score (nSPS) is 10.8. The maximum absolute atomic E-state index is 13.0. The first-order valence-electron chi connectivity index (χ1n) is 9.98. The summed E-state index contributed by atoms with van der Waals surface area (Å²) in [5.41, 5.74) is 3.11. The van der Waals surface area contributed by atoms with Gasteiger partial charge in [-0.15, -0.1) is 5.10 Å². The Balaban J connectivity index is 1.74. The van der Waals surface area contributed by atoms with Crippen molar-refractivity contribution in [2.45, 2.75) is 13.8 Å². The number of hydrogen-bond acceptors (Lipinski definition) is 4. The zero-order chi connectivity index (χ0) is 22.7. The van der Waals surface area contributed by atoms with Crippen LogP contribution in [0.15, 0.2) is 71.2 Å². The molecule has 1 amide bonds. The molecule has 0 saturated carbocycles. The van der Waals surface area contributed by atoms with E-state index in [1.54, 1.807) is 16.8 Å². The van der Waals surface area contributed by atoms with E-state index in [2.05, 4.69) is 31.3 Å². The fourth-order valence-corrected chi connectivity index (χ4v) is 3.86.